The summed E-state index contributed by atoms with van der Waals surface area (Å²) in [6.45, 7) is 2.78. The van der Waals surface area contributed by atoms with Crippen LogP contribution in [0.15, 0.2) is 36.8 Å². The summed E-state index contributed by atoms with van der Waals surface area (Å²) in [6.07, 6.45) is -7.10. The van der Waals surface area contributed by atoms with Gasteiger partial charge in [0.2, 0.25) is 12.2 Å². The molecule has 7 atom stereocenters. The van der Waals surface area contributed by atoms with Crippen LogP contribution in [0.2, 0.25) is 0 Å². The van der Waals surface area contributed by atoms with E-state index in [4.69, 9.17) is 19.5 Å². The number of carbonyl (C=O) groups is 4. The number of aliphatic hydroxyl groups excluding tert-OH is 3. The minimum Gasteiger partial charge on any atom is -0.479 e. The highest BCUT2D eigenvalue weighted by Crippen LogP contribution is 2.33. The first-order chi connectivity index (χ1) is 27.0. The predicted molar refractivity (Wildman–Crippen MR) is 195 cm³/mol. The average Bonchev–Trinajstić information content (AvgIpc) is 3.63. The molecule has 1 aromatic carbocycles. The van der Waals surface area contributed by atoms with Gasteiger partial charge in [0, 0.05) is 59.6 Å². The molecule has 0 unspecified atom stereocenters. The molecule has 5 rings (SSSR count). The van der Waals surface area contributed by atoms with E-state index < -0.39 is 71.8 Å². The number of anilines is 1. The number of aliphatic carboxylic acids is 1. The number of ether oxygens (including phenoxy) is 3. The monoisotopic (exact) mass is 797 g/mol. The van der Waals surface area contributed by atoms with Crippen LogP contribution < -0.4 is 9.64 Å². The normalized spacial score (nSPS) is 23.3. The lowest BCUT2D eigenvalue weighted by molar-refractivity contribution is -0.387. The maximum Gasteiger partial charge on any atom is 0.409 e. The van der Waals surface area contributed by atoms with Crippen molar-refractivity contribution in [2.45, 2.75) is 63.1 Å². The molecule has 2 fully saturated rings. The van der Waals surface area contributed by atoms with E-state index in [1.165, 1.54) is 33.8 Å². The van der Waals surface area contributed by atoms with Crippen molar-refractivity contribution in [3.05, 3.63) is 52.5 Å². The van der Waals surface area contributed by atoms with Crippen molar-refractivity contribution in [3.8, 4) is 11.8 Å². The van der Waals surface area contributed by atoms with Gasteiger partial charge in [0.25, 0.3) is 0 Å². The Morgan fingerprint density at radius 3 is 2.47 bits per heavy atom. The van der Waals surface area contributed by atoms with Crippen molar-refractivity contribution >= 4 is 46.5 Å². The lowest BCUT2D eigenvalue weighted by Crippen LogP contribution is -2.61. The van der Waals surface area contributed by atoms with Crippen LogP contribution in [0.5, 0.6) is 5.75 Å². The standard InChI is InChI=1S/C35H43N9O13/c1-19-8-11-42(25(45)7-10-36)16-23(19)41(4)30-21-9-12-43(31(21)38-18-37-30)34(51)39(2)13-14-40(3)35(52)55-17-20-5-6-24(22(15-20)44(53)54)56-33-28(48)26(46)27(47)29(57-33)32(49)50/h5-6,9,12,15,18-19,23,26-29,33,46-48H,7-8,11,13-14,16-17H2,1-4H3,(H,49,50)/t19-,23+,26-,27-,28-,29-,33+/m1/s1. The van der Waals surface area contributed by atoms with Crippen LogP contribution in [-0.2, 0) is 25.7 Å². The Labute approximate surface area is 325 Å². The molecule has 306 valence electrons. The number of nitro groups is 1. The second-order valence-corrected chi connectivity index (χ2v) is 13.8. The summed E-state index contributed by atoms with van der Waals surface area (Å²) in [5.41, 5.74) is -0.131. The average molecular weight is 798 g/mol. The largest absolute Gasteiger partial charge is 0.479 e. The maximum atomic E-state index is 13.5. The van der Waals surface area contributed by atoms with Gasteiger partial charge in [0.05, 0.1) is 22.4 Å². The molecule has 2 saturated heterocycles. The van der Waals surface area contributed by atoms with E-state index in [9.17, 15) is 49.7 Å². The minimum absolute atomic E-state index is 0.0400. The molecule has 0 aliphatic carbocycles. The lowest BCUT2D eigenvalue weighted by Gasteiger charge is -2.42. The fourth-order valence-corrected chi connectivity index (χ4v) is 6.59. The predicted octanol–water partition coefficient (Wildman–Crippen LogP) is 0.366. The van der Waals surface area contributed by atoms with Crippen LogP contribution in [0, 0.1) is 27.4 Å². The first-order valence-corrected chi connectivity index (χ1v) is 17.7. The second-order valence-electron chi connectivity index (χ2n) is 13.8. The van der Waals surface area contributed by atoms with E-state index >= 15 is 0 Å². The molecule has 2 aliphatic rings. The van der Waals surface area contributed by atoms with E-state index in [1.54, 1.807) is 24.2 Å². The van der Waals surface area contributed by atoms with E-state index in [1.807, 2.05) is 18.0 Å². The molecule has 0 spiro atoms. The third-order valence-corrected chi connectivity index (χ3v) is 10.0. The number of carboxylic acid groups (broad SMARTS) is 1. The number of carboxylic acids is 1. The number of piperidine rings is 1. The van der Waals surface area contributed by atoms with E-state index in [2.05, 4.69) is 16.9 Å². The highest BCUT2D eigenvalue weighted by molar-refractivity contribution is 5.95. The molecular weight excluding hydrogens is 754 g/mol. The van der Waals surface area contributed by atoms with Crippen molar-refractivity contribution in [1.82, 2.24) is 29.2 Å². The van der Waals surface area contributed by atoms with Gasteiger partial charge in [-0.3, -0.25) is 19.5 Å². The number of likely N-dealkylation sites (tertiary alicyclic amines) is 1. The topological polar surface area (TPSA) is 287 Å². The van der Waals surface area contributed by atoms with Gasteiger partial charge in [-0.05, 0) is 30.0 Å². The number of hydrogen-bond donors (Lipinski definition) is 4. The summed E-state index contributed by atoms with van der Waals surface area (Å²) in [6, 6.07) is 6.55. The fourth-order valence-electron chi connectivity index (χ4n) is 6.59. The zero-order valence-electron chi connectivity index (χ0n) is 31.4. The Kier molecular flexibility index (Phi) is 13.1. The number of carbonyl (C=O) groups excluding carboxylic acids is 3. The number of rotatable bonds is 12. The summed E-state index contributed by atoms with van der Waals surface area (Å²) < 4.78 is 17.0. The molecule has 2 aliphatic heterocycles. The first-order valence-electron chi connectivity index (χ1n) is 17.7. The highest BCUT2D eigenvalue weighted by Gasteiger charge is 2.48. The van der Waals surface area contributed by atoms with Gasteiger partial charge in [0.1, 0.15) is 43.5 Å². The number of nitro benzene ring substituents is 1. The Bertz CT molecular complexity index is 2040. The quantitative estimate of drug-likeness (QED) is 0.142. The van der Waals surface area contributed by atoms with Gasteiger partial charge in [-0.25, -0.2) is 24.4 Å². The Hall–Kier alpha value is -6.15. The van der Waals surface area contributed by atoms with E-state index in [0.29, 0.717) is 29.9 Å². The van der Waals surface area contributed by atoms with Crippen LogP contribution in [0.4, 0.5) is 21.1 Å². The third kappa shape index (κ3) is 9.12. The fraction of sp³-hybridized carbons (Fsp3) is 0.514. The molecule has 4 N–H and O–H groups in total. The number of aromatic nitrogens is 3. The number of fused-ring (bicyclic) bond motifs is 1. The summed E-state index contributed by atoms with van der Waals surface area (Å²) >= 11 is 0. The highest BCUT2D eigenvalue weighted by atomic mass is 16.7. The van der Waals surface area contributed by atoms with E-state index in [-0.39, 0.29) is 42.9 Å². The second kappa shape index (κ2) is 17.8. The number of aliphatic hydroxyl groups is 3. The summed E-state index contributed by atoms with van der Waals surface area (Å²) in [4.78, 5) is 76.3. The SMILES string of the molecule is C[C@@H]1CCN(C(=O)CC#N)C[C@@H]1N(C)c1ncnc2c1ccn2C(=O)N(C)CCN(C)C(=O)OCc1ccc(O[C@H]2O[C@@H](C(=O)O)[C@H](O)[C@@H](O)[C@H]2O)c([N+](=O)[O-])c1. The van der Waals surface area contributed by atoms with Gasteiger partial charge in [0.15, 0.2) is 17.5 Å². The first kappa shape index (κ1) is 42.0. The Morgan fingerprint density at radius 2 is 1.79 bits per heavy atom. The van der Waals surface area contributed by atoms with Crippen LogP contribution in [0.1, 0.15) is 25.3 Å². The van der Waals surface area contributed by atoms with E-state index in [0.717, 1.165) is 18.6 Å². The van der Waals surface area contributed by atoms with Crippen molar-refractivity contribution in [1.29, 1.82) is 5.26 Å². The molecule has 22 nitrogen and oxygen atoms in total. The Morgan fingerprint density at radius 1 is 1.07 bits per heavy atom. The number of nitriles is 1. The summed E-state index contributed by atoms with van der Waals surface area (Å²) in [5.74, 6) is -1.56. The molecule has 0 saturated carbocycles. The third-order valence-electron chi connectivity index (χ3n) is 10.0. The summed E-state index contributed by atoms with van der Waals surface area (Å²) in [7, 11) is 4.85. The molecule has 0 radical (unpaired) electrons. The van der Waals surface area contributed by atoms with Crippen molar-refractivity contribution in [2.24, 2.45) is 5.92 Å². The smallest absolute Gasteiger partial charge is 0.409 e. The van der Waals surface area contributed by atoms with Gasteiger partial charge in [-0.15, -0.1) is 0 Å². The number of nitrogens with zero attached hydrogens (tertiary/aromatic N) is 9. The number of amides is 3. The van der Waals surface area contributed by atoms with Crippen LogP contribution in [0.25, 0.3) is 11.0 Å². The zero-order valence-corrected chi connectivity index (χ0v) is 31.4. The molecule has 22 heteroatoms. The van der Waals surface area contributed by atoms with Crippen LogP contribution in [-0.4, -0.2) is 163 Å². The lowest BCUT2D eigenvalue weighted by atomic mass is 9.92. The number of likely N-dealkylation sites (N-methyl/N-ethyl adjacent to an activating group) is 3. The number of benzene rings is 1. The molecule has 4 heterocycles. The summed E-state index contributed by atoms with van der Waals surface area (Å²) in [5, 5.41) is 60.8. The molecule has 3 aromatic rings. The Balaban J connectivity index is 1.17. The van der Waals surface area contributed by atoms with Gasteiger partial charge >= 0.3 is 23.8 Å². The molecule has 3 amide bonds. The zero-order chi connectivity index (χ0) is 41.7. The van der Waals surface area contributed by atoms with Gasteiger partial charge in [-0.1, -0.05) is 13.0 Å². The molecule has 2 aromatic heterocycles. The minimum atomic E-state index is -1.98. The maximum absolute atomic E-state index is 13.5. The van der Waals surface area contributed by atoms with Crippen molar-refractivity contribution in [3.63, 3.8) is 0 Å². The van der Waals surface area contributed by atoms with Crippen LogP contribution >= 0.6 is 0 Å². The van der Waals surface area contributed by atoms with Crippen molar-refractivity contribution in [2.75, 3.05) is 52.2 Å². The van der Waals surface area contributed by atoms with Gasteiger partial charge < -0.3 is 54.2 Å². The molecular formula is C35H43N9O13. The van der Waals surface area contributed by atoms with Crippen molar-refractivity contribution < 1.29 is 58.7 Å². The van der Waals surface area contributed by atoms with Crippen LogP contribution in [0.3, 0.4) is 0 Å². The molecule has 57 heavy (non-hydrogen) atoms. The van der Waals surface area contributed by atoms with Gasteiger partial charge in [-0.2, -0.15) is 5.26 Å². The number of hydrogen-bond acceptors (Lipinski definition) is 16. The molecule has 0 bridgehead atoms.